The van der Waals surface area contributed by atoms with Crippen molar-refractivity contribution in [2.75, 3.05) is 19.6 Å². The van der Waals surface area contributed by atoms with E-state index in [4.69, 9.17) is 5.10 Å². The molecular formula is C26H29N5O. The van der Waals surface area contributed by atoms with Crippen LogP contribution in [0.3, 0.4) is 0 Å². The first-order chi connectivity index (χ1) is 15.5. The van der Waals surface area contributed by atoms with Crippen molar-refractivity contribution in [3.63, 3.8) is 0 Å². The van der Waals surface area contributed by atoms with Crippen molar-refractivity contribution < 1.29 is 4.79 Å². The number of hydrogen-bond acceptors (Lipinski definition) is 4. The monoisotopic (exact) mass is 427 g/mol. The van der Waals surface area contributed by atoms with Gasteiger partial charge in [-0.3, -0.25) is 19.6 Å². The molecule has 1 amide bonds. The van der Waals surface area contributed by atoms with Crippen molar-refractivity contribution in [1.29, 1.82) is 0 Å². The molecule has 0 spiro atoms. The summed E-state index contributed by atoms with van der Waals surface area (Å²) in [6.07, 6.45) is 18.0. The molecule has 0 bridgehead atoms. The fraction of sp³-hybridized carbons (Fsp3) is 0.346. The SMILES string of the molecule is CCN1CC=C(C2=CN3C(=O)C=C(c4cc5cnc(C)cn5n4)C(C)CC=C3C=C2)CC1. The summed E-state index contributed by atoms with van der Waals surface area (Å²) < 4.78 is 1.84. The quantitative estimate of drug-likeness (QED) is 0.734. The van der Waals surface area contributed by atoms with Crippen LogP contribution in [-0.4, -0.2) is 49.9 Å². The summed E-state index contributed by atoms with van der Waals surface area (Å²) in [6, 6.07) is 2.01. The number of amides is 1. The maximum absolute atomic E-state index is 13.4. The summed E-state index contributed by atoms with van der Waals surface area (Å²) >= 11 is 0. The minimum absolute atomic E-state index is 0.0300. The summed E-state index contributed by atoms with van der Waals surface area (Å²) in [6.45, 7) is 9.40. The van der Waals surface area contributed by atoms with Gasteiger partial charge in [0.25, 0.3) is 5.91 Å². The van der Waals surface area contributed by atoms with Crippen molar-refractivity contribution >= 4 is 17.0 Å². The normalized spacial score (nSPS) is 22.0. The van der Waals surface area contributed by atoms with Crippen LogP contribution in [0.15, 0.2) is 71.9 Å². The molecule has 3 aliphatic rings. The van der Waals surface area contributed by atoms with Gasteiger partial charge in [-0.2, -0.15) is 5.10 Å². The highest BCUT2D eigenvalue weighted by Crippen LogP contribution is 2.32. The second kappa shape index (κ2) is 8.36. The van der Waals surface area contributed by atoms with Crippen LogP contribution in [0.1, 0.15) is 38.1 Å². The maximum Gasteiger partial charge on any atom is 0.255 e. The minimum atomic E-state index is -0.0300. The molecule has 0 fully saturated rings. The molecule has 1 unspecified atom stereocenters. The van der Waals surface area contributed by atoms with E-state index in [1.54, 1.807) is 11.0 Å². The Morgan fingerprint density at radius 1 is 1.22 bits per heavy atom. The molecule has 0 aromatic carbocycles. The number of rotatable bonds is 3. The molecule has 5 rings (SSSR count). The number of allylic oxidation sites excluding steroid dienone is 5. The third kappa shape index (κ3) is 3.86. The average Bonchev–Trinajstić information content (AvgIpc) is 3.22. The lowest BCUT2D eigenvalue weighted by molar-refractivity contribution is -0.122. The third-order valence-electron chi connectivity index (χ3n) is 6.59. The summed E-state index contributed by atoms with van der Waals surface area (Å²) in [7, 11) is 0. The highest BCUT2D eigenvalue weighted by atomic mass is 16.2. The second-order valence-corrected chi connectivity index (χ2v) is 8.79. The molecule has 164 valence electrons. The number of likely N-dealkylation sites (N-methyl/N-ethyl adjacent to an activating group) is 1. The summed E-state index contributed by atoms with van der Waals surface area (Å²) in [5.41, 5.74) is 7.03. The van der Waals surface area contributed by atoms with E-state index in [1.165, 1.54) is 5.57 Å². The van der Waals surface area contributed by atoms with Crippen molar-refractivity contribution in [3.8, 4) is 0 Å². The van der Waals surface area contributed by atoms with E-state index in [2.05, 4.69) is 48.0 Å². The Bertz CT molecular complexity index is 1230. The van der Waals surface area contributed by atoms with Crippen molar-refractivity contribution in [2.24, 2.45) is 5.92 Å². The van der Waals surface area contributed by atoms with Crippen molar-refractivity contribution in [2.45, 2.75) is 33.6 Å². The van der Waals surface area contributed by atoms with Gasteiger partial charge in [0, 0.05) is 31.1 Å². The molecule has 0 N–H and O–H groups in total. The predicted molar refractivity (Wildman–Crippen MR) is 126 cm³/mol. The number of aromatic nitrogens is 3. The van der Waals surface area contributed by atoms with Crippen LogP contribution in [0.4, 0.5) is 0 Å². The van der Waals surface area contributed by atoms with E-state index in [0.717, 1.165) is 66.2 Å². The van der Waals surface area contributed by atoms with E-state index < -0.39 is 0 Å². The standard InChI is InChI=1S/C26H29N5O/c1-4-29-11-9-20(10-12-29)21-6-8-22-7-5-18(2)24(14-26(32)30(22)17-21)25-13-23-15-27-19(3)16-31(23)28-25/h6-9,13-18H,4-5,10-12H2,1-3H3. The molecule has 5 heterocycles. The van der Waals surface area contributed by atoms with Gasteiger partial charge in [0.2, 0.25) is 0 Å². The Hall–Kier alpha value is -3.25. The zero-order valence-corrected chi connectivity index (χ0v) is 19.0. The largest absolute Gasteiger partial charge is 0.300 e. The summed E-state index contributed by atoms with van der Waals surface area (Å²) in [5.74, 6) is 0.157. The number of carbonyl (C=O) groups is 1. The van der Waals surface area contributed by atoms with Gasteiger partial charge >= 0.3 is 0 Å². The molecule has 1 atom stereocenters. The molecular weight excluding hydrogens is 398 g/mol. The topological polar surface area (TPSA) is 53.7 Å². The van der Waals surface area contributed by atoms with Gasteiger partial charge in [-0.15, -0.1) is 0 Å². The first-order valence-corrected chi connectivity index (χ1v) is 11.4. The van der Waals surface area contributed by atoms with E-state index in [-0.39, 0.29) is 11.8 Å². The van der Waals surface area contributed by atoms with Crippen LogP contribution in [0.5, 0.6) is 0 Å². The first kappa shape index (κ1) is 20.6. The van der Waals surface area contributed by atoms with Crippen LogP contribution in [-0.2, 0) is 4.79 Å². The number of aryl methyl sites for hydroxylation is 1. The Morgan fingerprint density at radius 2 is 2.09 bits per heavy atom. The van der Waals surface area contributed by atoms with E-state index in [1.807, 2.05) is 36.1 Å². The Labute approximate surface area is 188 Å². The molecule has 2 aromatic rings. The van der Waals surface area contributed by atoms with Crippen molar-refractivity contribution in [1.82, 2.24) is 24.4 Å². The lowest BCUT2D eigenvalue weighted by atomic mass is 9.91. The van der Waals surface area contributed by atoms with Crippen LogP contribution < -0.4 is 0 Å². The van der Waals surface area contributed by atoms with Crippen LogP contribution >= 0.6 is 0 Å². The predicted octanol–water partition coefficient (Wildman–Crippen LogP) is 4.28. The van der Waals surface area contributed by atoms with Crippen LogP contribution in [0.25, 0.3) is 11.1 Å². The lowest BCUT2D eigenvalue weighted by Crippen LogP contribution is -2.30. The number of hydrogen-bond donors (Lipinski definition) is 0. The van der Waals surface area contributed by atoms with Crippen LogP contribution in [0.2, 0.25) is 0 Å². The molecule has 0 radical (unpaired) electrons. The van der Waals surface area contributed by atoms with Gasteiger partial charge in [0.15, 0.2) is 0 Å². The van der Waals surface area contributed by atoms with Gasteiger partial charge in [0.1, 0.15) is 0 Å². The fourth-order valence-electron chi connectivity index (χ4n) is 4.54. The zero-order chi connectivity index (χ0) is 22.2. The highest BCUT2D eigenvalue weighted by molar-refractivity contribution is 5.98. The van der Waals surface area contributed by atoms with Gasteiger partial charge in [-0.1, -0.05) is 32.1 Å². The molecule has 32 heavy (non-hydrogen) atoms. The minimum Gasteiger partial charge on any atom is -0.300 e. The first-order valence-electron chi connectivity index (χ1n) is 11.4. The van der Waals surface area contributed by atoms with E-state index in [0.29, 0.717) is 0 Å². The number of nitrogens with zero attached hydrogens (tertiary/aromatic N) is 5. The second-order valence-electron chi connectivity index (χ2n) is 8.79. The Balaban J connectivity index is 1.47. The van der Waals surface area contributed by atoms with Crippen LogP contribution in [0, 0.1) is 12.8 Å². The summed E-state index contributed by atoms with van der Waals surface area (Å²) in [5, 5.41) is 4.74. The summed E-state index contributed by atoms with van der Waals surface area (Å²) in [4.78, 5) is 22.0. The van der Waals surface area contributed by atoms with Gasteiger partial charge in [-0.05, 0) is 61.1 Å². The molecule has 3 aliphatic heterocycles. The fourth-order valence-corrected chi connectivity index (χ4v) is 4.54. The Morgan fingerprint density at radius 3 is 2.88 bits per heavy atom. The van der Waals surface area contributed by atoms with Gasteiger partial charge in [0.05, 0.1) is 29.3 Å². The average molecular weight is 428 g/mol. The van der Waals surface area contributed by atoms with Gasteiger partial charge in [-0.25, -0.2) is 4.52 Å². The smallest absolute Gasteiger partial charge is 0.255 e. The molecule has 6 heteroatoms. The highest BCUT2D eigenvalue weighted by Gasteiger charge is 2.25. The molecule has 2 aromatic heterocycles. The van der Waals surface area contributed by atoms with E-state index in [9.17, 15) is 4.79 Å². The maximum atomic E-state index is 13.4. The zero-order valence-electron chi connectivity index (χ0n) is 19.0. The lowest BCUT2D eigenvalue weighted by Gasteiger charge is -2.29. The van der Waals surface area contributed by atoms with Crippen molar-refractivity contribution in [3.05, 3.63) is 83.3 Å². The molecule has 6 nitrogen and oxygen atoms in total. The third-order valence-corrected chi connectivity index (χ3v) is 6.59. The Kier molecular flexibility index (Phi) is 5.39. The van der Waals surface area contributed by atoms with Gasteiger partial charge < -0.3 is 0 Å². The molecule has 0 saturated heterocycles. The number of carbonyl (C=O) groups excluding carboxylic acids is 1. The molecule has 0 aliphatic carbocycles. The number of fused-ring (bicyclic) bond motifs is 2. The van der Waals surface area contributed by atoms with E-state index >= 15 is 0 Å². The molecule has 0 saturated carbocycles.